The number of nitrogens with zero attached hydrogens (tertiary/aromatic N) is 3. The molecule has 1 aliphatic rings. The van der Waals surface area contributed by atoms with E-state index < -0.39 is 23.7 Å². The number of piperidine rings is 1. The average Bonchev–Trinajstić information content (AvgIpc) is 3.08. The molecular weight excluding hydrogens is 301 g/mol. The fourth-order valence-electron chi connectivity index (χ4n) is 2.83. The van der Waals surface area contributed by atoms with Crippen molar-refractivity contribution in [2.75, 3.05) is 6.54 Å². The molecule has 1 aromatic carbocycles. The first kappa shape index (κ1) is 15.2. The summed E-state index contributed by atoms with van der Waals surface area (Å²) in [5.41, 5.74) is 0.381. The van der Waals surface area contributed by atoms with Crippen LogP contribution in [0.15, 0.2) is 36.7 Å². The van der Waals surface area contributed by atoms with E-state index in [1.165, 1.54) is 27.9 Å². The molecule has 1 atom stereocenters. The van der Waals surface area contributed by atoms with E-state index in [1.54, 1.807) is 12.3 Å². The van der Waals surface area contributed by atoms with Gasteiger partial charge in [-0.3, -0.25) is 4.79 Å². The number of aliphatic carboxylic acids is 1. The van der Waals surface area contributed by atoms with Crippen molar-refractivity contribution in [2.24, 2.45) is 0 Å². The van der Waals surface area contributed by atoms with E-state index in [-0.39, 0.29) is 11.3 Å². The number of rotatable bonds is 3. The first-order valence-electron chi connectivity index (χ1n) is 7.41. The van der Waals surface area contributed by atoms with Crippen LogP contribution in [0.3, 0.4) is 0 Å². The van der Waals surface area contributed by atoms with Crippen molar-refractivity contribution >= 4 is 11.9 Å². The minimum atomic E-state index is -1.02. The predicted octanol–water partition coefficient (Wildman–Crippen LogP) is 2.09. The average molecular weight is 317 g/mol. The van der Waals surface area contributed by atoms with Gasteiger partial charge < -0.3 is 10.0 Å². The number of halogens is 1. The van der Waals surface area contributed by atoms with Crippen molar-refractivity contribution in [2.45, 2.75) is 25.3 Å². The van der Waals surface area contributed by atoms with Gasteiger partial charge in [-0.2, -0.15) is 5.10 Å². The van der Waals surface area contributed by atoms with Gasteiger partial charge in [0.05, 0.1) is 0 Å². The van der Waals surface area contributed by atoms with Crippen molar-refractivity contribution < 1.29 is 19.1 Å². The topological polar surface area (TPSA) is 75.4 Å². The van der Waals surface area contributed by atoms with E-state index in [0.29, 0.717) is 13.0 Å². The first-order chi connectivity index (χ1) is 11.1. The fraction of sp³-hybridized carbons (Fsp3) is 0.312. The number of carboxylic acids is 1. The summed E-state index contributed by atoms with van der Waals surface area (Å²) < 4.78 is 15.6. The van der Waals surface area contributed by atoms with E-state index in [1.807, 2.05) is 0 Å². The monoisotopic (exact) mass is 317 g/mol. The van der Waals surface area contributed by atoms with Crippen LogP contribution in [0.25, 0.3) is 5.69 Å². The zero-order valence-corrected chi connectivity index (χ0v) is 12.4. The van der Waals surface area contributed by atoms with Gasteiger partial charge in [-0.25, -0.2) is 13.9 Å². The third kappa shape index (κ3) is 2.94. The molecule has 3 rings (SSSR count). The van der Waals surface area contributed by atoms with Crippen molar-refractivity contribution in [3.8, 4) is 5.69 Å². The molecule has 0 spiro atoms. The Hall–Kier alpha value is -2.70. The molecule has 0 unspecified atom stereocenters. The smallest absolute Gasteiger partial charge is 0.326 e. The van der Waals surface area contributed by atoms with Crippen molar-refractivity contribution in [3.63, 3.8) is 0 Å². The zero-order chi connectivity index (χ0) is 16.4. The number of aromatic nitrogens is 2. The highest BCUT2D eigenvalue weighted by molar-refractivity contribution is 5.97. The molecule has 23 heavy (non-hydrogen) atoms. The van der Waals surface area contributed by atoms with Crippen LogP contribution in [0.1, 0.15) is 29.6 Å². The van der Waals surface area contributed by atoms with Gasteiger partial charge in [0.1, 0.15) is 17.5 Å². The molecule has 0 radical (unpaired) electrons. The molecule has 1 amide bonds. The molecule has 2 aromatic rings. The second-order valence-corrected chi connectivity index (χ2v) is 5.47. The second kappa shape index (κ2) is 6.20. The van der Waals surface area contributed by atoms with Crippen LogP contribution < -0.4 is 0 Å². The van der Waals surface area contributed by atoms with Crippen molar-refractivity contribution in [3.05, 3.63) is 48.0 Å². The highest BCUT2D eigenvalue weighted by Crippen LogP contribution is 2.22. The molecule has 1 aliphatic heterocycles. The van der Waals surface area contributed by atoms with Crippen LogP contribution in [0.4, 0.5) is 4.39 Å². The Labute approximate surface area is 132 Å². The molecule has 120 valence electrons. The van der Waals surface area contributed by atoms with Gasteiger partial charge >= 0.3 is 5.97 Å². The maximum Gasteiger partial charge on any atom is 0.326 e. The quantitative estimate of drug-likeness (QED) is 0.940. The lowest BCUT2D eigenvalue weighted by molar-refractivity contribution is -0.143. The highest BCUT2D eigenvalue weighted by Gasteiger charge is 2.32. The van der Waals surface area contributed by atoms with Crippen LogP contribution in [-0.2, 0) is 4.79 Å². The van der Waals surface area contributed by atoms with Crippen molar-refractivity contribution in [1.29, 1.82) is 0 Å². The van der Waals surface area contributed by atoms with Gasteiger partial charge in [0.25, 0.3) is 5.91 Å². The Morgan fingerprint density at radius 2 is 2.13 bits per heavy atom. The maximum atomic E-state index is 14.2. The highest BCUT2D eigenvalue weighted by atomic mass is 19.1. The summed E-state index contributed by atoms with van der Waals surface area (Å²) in [6, 6.07) is 4.92. The second-order valence-electron chi connectivity index (χ2n) is 5.47. The number of carbonyl (C=O) groups excluding carboxylic acids is 1. The number of amides is 1. The fourth-order valence-corrected chi connectivity index (χ4v) is 2.83. The van der Waals surface area contributed by atoms with Crippen molar-refractivity contribution in [1.82, 2.24) is 14.7 Å². The van der Waals surface area contributed by atoms with E-state index in [0.717, 1.165) is 18.9 Å². The summed E-state index contributed by atoms with van der Waals surface area (Å²) >= 11 is 0. The largest absolute Gasteiger partial charge is 0.480 e. The number of carbonyl (C=O) groups is 2. The Balaban J connectivity index is 1.87. The summed E-state index contributed by atoms with van der Waals surface area (Å²) in [5.74, 6) is -2.06. The minimum Gasteiger partial charge on any atom is -0.480 e. The number of benzene rings is 1. The molecule has 1 aromatic heterocycles. The van der Waals surface area contributed by atoms with Crippen LogP contribution in [0, 0.1) is 5.82 Å². The lowest BCUT2D eigenvalue weighted by Gasteiger charge is -2.33. The normalized spacial score (nSPS) is 18.0. The minimum absolute atomic E-state index is 0.145. The molecule has 0 aliphatic carbocycles. The van der Waals surface area contributed by atoms with Crippen LogP contribution in [0.2, 0.25) is 0 Å². The number of hydrogen-bond acceptors (Lipinski definition) is 3. The van der Waals surface area contributed by atoms with Crippen LogP contribution in [-0.4, -0.2) is 44.3 Å². The standard InChI is InChI=1S/C16H16FN3O3/c17-12-10-11(5-6-13(12)20-9-3-7-18-20)15(21)19-8-2-1-4-14(19)16(22)23/h3,5-7,9-10,14H,1-2,4,8H2,(H,22,23)/t14-/m1/s1. The molecule has 7 heteroatoms. The predicted molar refractivity (Wildman–Crippen MR) is 79.8 cm³/mol. The third-order valence-corrected chi connectivity index (χ3v) is 3.99. The van der Waals surface area contributed by atoms with Gasteiger partial charge in [-0.15, -0.1) is 0 Å². The van der Waals surface area contributed by atoms with Gasteiger partial charge in [-0.05, 0) is 43.5 Å². The summed E-state index contributed by atoms with van der Waals surface area (Å²) in [7, 11) is 0. The van der Waals surface area contributed by atoms with Gasteiger partial charge in [0.2, 0.25) is 0 Å². The third-order valence-electron chi connectivity index (χ3n) is 3.99. The lowest BCUT2D eigenvalue weighted by Crippen LogP contribution is -2.48. The van der Waals surface area contributed by atoms with E-state index in [9.17, 15) is 19.1 Å². The Morgan fingerprint density at radius 3 is 2.78 bits per heavy atom. The van der Waals surface area contributed by atoms with Gasteiger partial charge in [0.15, 0.2) is 0 Å². The summed E-state index contributed by atoms with van der Waals surface area (Å²) in [5, 5.41) is 13.2. The van der Waals surface area contributed by atoms with Gasteiger partial charge in [-0.1, -0.05) is 0 Å². The first-order valence-corrected chi connectivity index (χ1v) is 7.41. The van der Waals surface area contributed by atoms with Crippen LogP contribution >= 0.6 is 0 Å². The SMILES string of the molecule is O=C(O)[C@H]1CCCCN1C(=O)c1ccc(-n2cccn2)c(F)c1. The molecule has 1 saturated heterocycles. The summed E-state index contributed by atoms with van der Waals surface area (Å²) in [4.78, 5) is 25.1. The number of hydrogen-bond donors (Lipinski definition) is 1. The summed E-state index contributed by atoms with van der Waals surface area (Å²) in [6.07, 6.45) is 5.08. The molecule has 0 saturated carbocycles. The molecule has 6 nitrogen and oxygen atoms in total. The lowest BCUT2D eigenvalue weighted by atomic mass is 10.0. The van der Waals surface area contributed by atoms with E-state index in [2.05, 4.69) is 5.10 Å². The molecule has 2 heterocycles. The molecule has 1 N–H and O–H groups in total. The number of likely N-dealkylation sites (tertiary alicyclic amines) is 1. The Morgan fingerprint density at radius 1 is 1.30 bits per heavy atom. The zero-order valence-electron chi connectivity index (χ0n) is 12.4. The molecular formula is C16H16FN3O3. The number of carboxylic acid groups (broad SMARTS) is 1. The molecule has 1 fully saturated rings. The van der Waals surface area contributed by atoms with E-state index >= 15 is 0 Å². The van der Waals surface area contributed by atoms with Crippen LogP contribution in [0.5, 0.6) is 0 Å². The Kier molecular flexibility index (Phi) is 4.10. The summed E-state index contributed by atoms with van der Waals surface area (Å²) in [6.45, 7) is 0.373. The maximum absolute atomic E-state index is 14.2. The van der Waals surface area contributed by atoms with Gasteiger partial charge in [0, 0.05) is 24.5 Å². The van der Waals surface area contributed by atoms with E-state index in [4.69, 9.17) is 0 Å². The Bertz CT molecular complexity index is 730. The molecule has 0 bridgehead atoms.